The molecule has 0 aliphatic carbocycles. The van der Waals surface area contributed by atoms with Crippen molar-refractivity contribution < 1.29 is 13.2 Å². The summed E-state index contributed by atoms with van der Waals surface area (Å²) in [6.45, 7) is 3.76. The number of carbonyl (C=O) groups is 1. The molecule has 0 bridgehead atoms. The Labute approximate surface area is 159 Å². The van der Waals surface area contributed by atoms with Gasteiger partial charge in [-0.15, -0.1) is 0 Å². The van der Waals surface area contributed by atoms with Crippen LogP contribution in [0.4, 0.5) is 5.69 Å². The van der Waals surface area contributed by atoms with E-state index in [9.17, 15) is 13.2 Å². The van der Waals surface area contributed by atoms with E-state index >= 15 is 0 Å². The summed E-state index contributed by atoms with van der Waals surface area (Å²) in [6, 6.07) is 18.8. The predicted octanol–water partition coefficient (Wildman–Crippen LogP) is 4.01. The average molecular weight is 382 g/mol. The molecule has 0 radical (unpaired) electrons. The molecule has 0 saturated heterocycles. The maximum Gasteiger partial charge on any atom is 0.252 e. The van der Waals surface area contributed by atoms with Gasteiger partial charge in [0.25, 0.3) is 5.91 Å². The van der Waals surface area contributed by atoms with Gasteiger partial charge in [-0.3, -0.25) is 9.52 Å². The Kier molecular flexibility index (Phi) is 5.19. The number of anilines is 1. The maximum atomic E-state index is 12.8. The van der Waals surface area contributed by atoms with E-state index < -0.39 is 10.0 Å². The second-order valence-electron chi connectivity index (χ2n) is 6.67. The van der Waals surface area contributed by atoms with Gasteiger partial charge in [0.15, 0.2) is 0 Å². The van der Waals surface area contributed by atoms with Crippen LogP contribution >= 0.6 is 0 Å². The van der Waals surface area contributed by atoms with Gasteiger partial charge < -0.3 is 5.32 Å². The Hall–Kier alpha value is -2.86. The molecule has 1 atom stereocenters. The van der Waals surface area contributed by atoms with E-state index in [1.807, 2.05) is 56.3 Å². The zero-order valence-electron chi connectivity index (χ0n) is 15.5. The van der Waals surface area contributed by atoms with Crippen LogP contribution in [0.2, 0.25) is 0 Å². The van der Waals surface area contributed by atoms with E-state index in [1.165, 1.54) is 0 Å². The van der Waals surface area contributed by atoms with Crippen molar-refractivity contribution >= 4 is 32.4 Å². The van der Waals surface area contributed by atoms with E-state index in [0.717, 1.165) is 28.2 Å². The van der Waals surface area contributed by atoms with Crippen LogP contribution < -0.4 is 10.0 Å². The van der Waals surface area contributed by atoms with Crippen LogP contribution in [0, 0.1) is 6.92 Å². The quantitative estimate of drug-likeness (QED) is 0.700. The number of benzene rings is 3. The Bertz CT molecular complexity index is 1100. The molecule has 0 spiro atoms. The summed E-state index contributed by atoms with van der Waals surface area (Å²) in [5, 5.41) is 5.23. The first-order valence-corrected chi connectivity index (χ1v) is 10.5. The number of amides is 1. The molecule has 0 aliphatic rings. The molecule has 0 unspecified atom stereocenters. The molecule has 0 fully saturated rings. The molecule has 2 N–H and O–H groups in total. The SMILES string of the molecule is Cc1ccc(NS(C)(=O)=O)cc1C(=O)N[C@H](C)c1cccc2ccccc12. The fraction of sp³-hybridized carbons (Fsp3) is 0.190. The van der Waals surface area contributed by atoms with Gasteiger partial charge in [-0.1, -0.05) is 48.5 Å². The number of hydrogen-bond acceptors (Lipinski definition) is 3. The van der Waals surface area contributed by atoms with Crippen molar-refractivity contribution in [2.75, 3.05) is 11.0 Å². The van der Waals surface area contributed by atoms with Crippen molar-refractivity contribution in [2.45, 2.75) is 19.9 Å². The lowest BCUT2D eigenvalue weighted by molar-refractivity contribution is 0.0939. The second kappa shape index (κ2) is 7.40. The minimum atomic E-state index is -3.40. The third-order valence-corrected chi connectivity index (χ3v) is 5.03. The maximum absolute atomic E-state index is 12.8. The van der Waals surface area contributed by atoms with Crippen molar-refractivity contribution in [3.63, 3.8) is 0 Å². The Balaban J connectivity index is 1.87. The summed E-state index contributed by atoms with van der Waals surface area (Å²) in [5.41, 5.74) is 2.61. The number of carbonyl (C=O) groups excluding carboxylic acids is 1. The van der Waals surface area contributed by atoms with E-state index in [2.05, 4.69) is 10.0 Å². The van der Waals surface area contributed by atoms with Crippen LogP contribution in [0.25, 0.3) is 10.8 Å². The monoisotopic (exact) mass is 382 g/mol. The lowest BCUT2D eigenvalue weighted by atomic mass is 9.99. The minimum Gasteiger partial charge on any atom is -0.345 e. The van der Waals surface area contributed by atoms with Crippen molar-refractivity contribution in [1.29, 1.82) is 0 Å². The molecule has 5 nitrogen and oxygen atoms in total. The summed E-state index contributed by atoms with van der Waals surface area (Å²) < 4.78 is 25.3. The molecule has 3 rings (SSSR count). The lowest BCUT2D eigenvalue weighted by Crippen LogP contribution is -2.27. The molecule has 3 aromatic rings. The molecule has 27 heavy (non-hydrogen) atoms. The van der Waals surface area contributed by atoms with Crippen LogP contribution in [0.3, 0.4) is 0 Å². The molecule has 1 amide bonds. The number of sulfonamides is 1. The van der Waals surface area contributed by atoms with Crippen molar-refractivity contribution in [3.8, 4) is 0 Å². The summed E-state index contributed by atoms with van der Waals surface area (Å²) in [4.78, 5) is 12.8. The van der Waals surface area contributed by atoms with E-state index in [0.29, 0.717) is 11.3 Å². The number of hydrogen-bond donors (Lipinski definition) is 2. The third-order valence-electron chi connectivity index (χ3n) is 4.42. The summed E-state index contributed by atoms with van der Waals surface area (Å²) in [7, 11) is -3.40. The van der Waals surface area contributed by atoms with Crippen LogP contribution in [0.5, 0.6) is 0 Å². The molecule has 0 heterocycles. The largest absolute Gasteiger partial charge is 0.345 e. The van der Waals surface area contributed by atoms with Gasteiger partial charge in [0.05, 0.1) is 12.3 Å². The highest BCUT2D eigenvalue weighted by Gasteiger charge is 2.16. The van der Waals surface area contributed by atoms with E-state index in [4.69, 9.17) is 0 Å². The number of aryl methyl sites for hydroxylation is 1. The van der Waals surface area contributed by atoms with Crippen molar-refractivity contribution in [3.05, 3.63) is 77.4 Å². The first-order valence-electron chi connectivity index (χ1n) is 8.61. The molecule has 6 heteroatoms. The summed E-state index contributed by atoms with van der Waals surface area (Å²) in [5.74, 6) is -0.245. The fourth-order valence-electron chi connectivity index (χ4n) is 3.12. The van der Waals surface area contributed by atoms with Crippen molar-refractivity contribution in [1.82, 2.24) is 5.32 Å². The smallest absolute Gasteiger partial charge is 0.252 e. The van der Waals surface area contributed by atoms with E-state index in [-0.39, 0.29) is 11.9 Å². The fourth-order valence-corrected chi connectivity index (χ4v) is 3.68. The number of nitrogens with one attached hydrogen (secondary N) is 2. The molecular formula is C21H22N2O3S. The van der Waals surface area contributed by atoms with Gasteiger partial charge in [0.1, 0.15) is 0 Å². The Morgan fingerprint density at radius 2 is 1.70 bits per heavy atom. The minimum absolute atomic E-state index is 0.200. The topological polar surface area (TPSA) is 75.3 Å². The standard InChI is InChI=1S/C21H22N2O3S/c1-14-11-12-17(23-27(3,25)26)13-20(14)21(24)22-15(2)18-10-6-8-16-7-4-5-9-19(16)18/h4-13,15,23H,1-3H3,(H,22,24)/t15-/m1/s1. The molecule has 0 aliphatic heterocycles. The van der Waals surface area contributed by atoms with Gasteiger partial charge in [-0.25, -0.2) is 8.42 Å². The first kappa shape index (κ1) is 18.9. The summed E-state index contributed by atoms with van der Waals surface area (Å²) >= 11 is 0. The van der Waals surface area contributed by atoms with Crippen LogP contribution in [0.1, 0.15) is 34.5 Å². The molecular weight excluding hydrogens is 360 g/mol. The first-order chi connectivity index (χ1) is 12.7. The molecule has 0 aromatic heterocycles. The molecule has 140 valence electrons. The normalized spacial score (nSPS) is 12.6. The van der Waals surface area contributed by atoms with Gasteiger partial charge in [-0.2, -0.15) is 0 Å². The van der Waals surface area contributed by atoms with Gasteiger partial charge in [-0.05, 0) is 47.9 Å². The van der Waals surface area contributed by atoms with Gasteiger partial charge in [0.2, 0.25) is 10.0 Å². The second-order valence-corrected chi connectivity index (χ2v) is 8.42. The average Bonchev–Trinajstić information content (AvgIpc) is 2.61. The van der Waals surface area contributed by atoms with Crippen LogP contribution in [-0.4, -0.2) is 20.6 Å². The zero-order valence-corrected chi connectivity index (χ0v) is 16.3. The molecule has 3 aromatic carbocycles. The summed E-state index contributed by atoms with van der Waals surface area (Å²) in [6.07, 6.45) is 1.08. The third kappa shape index (κ3) is 4.46. The number of fused-ring (bicyclic) bond motifs is 1. The highest BCUT2D eigenvalue weighted by molar-refractivity contribution is 7.92. The Morgan fingerprint density at radius 3 is 2.44 bits per heavy atom. The van der Waals surface area contributed by atoms with Crippen LogP contribution in [0.15, 0.2) is 60.7 Å². The predicted molar refractivity (Wildman–Crippen MR) is 109 cm³/mol. The number of rotatable bonds is 5. The van der Waals surface area contributed by atoms with E-state index in [1.54, 1.807) is 18.2 Å². The highest BCUT2D eigenvalue weighted by atomic mass is 32.2. The van der Waals surface area contributed by atoms with Crippen molar-refractivity contribution in [2.24, 2.45) is 0 Å². The van der Waals surface area contributed by atoms with Gasteiger partial charge in [0, 0.05) is 11.3 Å². The van der Waals surface area contributed by atoms with Crippen LogP contribution in [-0.2, 0) is 10.0 Å². The zero-order chi connectivity index (χ0) is 19.6. The highest BCUT2D eigenvalue weighted by Crippen LogP contribution is 2.25. The Morgan fingerprint density at radius 1 is 1.00 bits per heavy atom. The molecule has 0 saturated carbocycles. The van der Waals surface area contributed by atoms with Gasteiger partial charge >= 0.3 is 0 Å². The lowest BCUT2D eigenvalue weighted by Gasteiger charge is -2.18.